The van der Waals surface area contributed by atoms with E-state index in [2.05, 4.69) is 4.98 Å². The van der Waals surface area contributed by atoms with Gasteiger partial charge in [0.15, 0.2) is 4.88 Å². The molecule has 90 valence electrons. The van der Waals surface area contributed by atoms with Gasteiger partial charge in [-0.3, -0.25) is 0 Å². The van der Waals surface area contributed by atoms with Gasteiger partial charge in [0, 0.05) is 5.56 Å². The summed E-state index contributed by atoms with van der Waals surface area (Å²) in [5.41, 5.74) is 6.10. The number of rotatable bonds is 2. The van der Waals surface area contributed by atoms with Gasteiger partial charge in [0.05, 0.1) is 0 Å². The third-order valence-electron chi connectivity index (χ3n) is 1.94. The molecule has 0 aliphatic heterocycles. The van der Waals surface area contributed by atoms with Crippen molar-refractivity contribution in [2.75, 3.05) is 5.73 Å². The second-order valence-electron chi connectivity index (χ2n) is 3.05. The molecule has 0 aliphatic carbocycles. The molecule has 0 bridgehead atoms. The van der Waals surface area contributed by atoms with Crippen molar-refractivity contribution in [3.63, 3.8) is 0 Å². The Balaban J connectivity index is 0.00000144. The molecule has 0 unspecified atom stereocenters. The fourth-order valence-corrected chi connectivity index (χ4v) is 2.03. The lowest BCUT2D eigenvalue weighted by molar-refractivity contribution is 0.0703. The van der Waals surface area contributed by atoms with E-state index in [9.17, 15) is 9.18 Å². The monoisotopic (exact) mass is 274 g/mol. The number of nitrogen functional groups attached to an aromatic ring is 1. The van der Waals surface area contributed by atoms with Crippen LogP contribution in [0.15, 0.2) is 24.3 Å². The number of hydrogen-bond donors (Lipinski definition) is 2. The average Bonchev–Trinajstić information content (AvgIpc) is 2.61. The van der Waals surface area contributed by atoms with Crippen LogP contribution in [0.1, 0.15) is 9.67 Å². The van der Waals surface area contributed by atoms with Gasteiger partial charge in [-0.15, -0.1) is 23.7 Å². The van der Waals surface area contributed by atoms with Gasteiger partial charge in [-0.2, -0.15) is 0 Å². The fraction of sp³-hybridized carbons (Fsp3) is 0. The Labute approximate surface area is 106 Å². The number of hydrogen-bond acceptors (Lipinski definition) is 4. The standard InChI is InChI=1S/C10H7FN2O2S.ClH/c11-6-3-1-5(2-4-6)9-13-8(12)7(16-9)10(14)15;/h1-4H,12H2,(H,14,15);1H. The number of nitrogens with zero attached hydrogens (tertiary/aromatic N) is 1. The minimum absolute atomic E-state index is 0. The predicted molar refractivity (Wildman–Crippen MR) is 66.1 cm³/mol. The van der Waals surface area contributed by atoms with E-state index in [1.165, 1.54) is 24.3 Å². The molecule has 2 aromatic rings. The second-order valence-corrected chi connectivity index (χ2v) is 4.04. The summed E-state index contributed by atoms with van der Waals surface area (Å²) in [6, 6.07) is 5.62. The first kappa shape index (κ1) is 13.4. The average molecular weight is 275 g/mol. The number of thiazole rings is 1. The summed E-state index contributed by atoms with van der Waals surface area (Å²) in [6.07, 6.45) is 0. The molecule has 1 aromatic carbocycles. The topological polar surface area (TPSA) is 76.2 Å². The number of anilines is 1. The Morgan fingerprint density at radius 3 is 2.41 bits per heavy atom. The Kier molecular flexibility index (Phi) is 4.03. The molecule has 1 aromatic heterocycles. The SMILES string of the molecule is Cl.Nc1nc(-c2ccc(F)cc2)sc1C(=O)O. The third kappa shape index (κ3) is 2.72. The van der Waals surface area contributed by atoms with Crippen molar-refractivity contribution in [1.82, 2.24) is 4.98 Å². The zero-order valence-electron chi connectivity index (χ0n) is 8.38. The molecular weight excluding hydrogens is 267 g/mol. The quantitative estimate of drug-likeness (QED) is 0.883. The molecule has 17 heavy (non-hydrogen) atoms. The lowest BCUT2D eigenvalue weighted by atomic mass is 10.2. The third-order valence-corrected chi connectivity index (χ3v) is 3.05. The summed E-state index contributed by atoms with van der Waals surface area (Å²) >= 11 is 0.968. The van der Waals surface area contributed by atoms with Crippen molar-refractivity contribution in [3.8, 4) is 10.6 Å². The Hall–Kier alpha value is -1.66. The van der Waals surface area contributed by atoms with E-state index >= 15 is 0 Å². The first-order valence-corrected chi connectivity index (χ1v) is 5.15. The maximum atomic E-state index is 12.7. The molecule has 0 spiro atoms. The van der Waals surface area contributed by atoms with Crippen LogP contribution in [0.3, 0.4) is 0 Å². The highest BCUT2D eigenvalue weighted by Gasteiger charge is 2.15. The number of carboxylic acid groups (broad SMARTS) is 1. The second kappa shape index (κ2) is 5.11. The van der Waals surface area contributed by atoms with Gasteiger partial charge >= 0.3 is 5.97 Å². The van der Waals surface area contributed by atoms with Crippen molar-refractivity contribution >= 4 is 35.5 Å². The minimum atomic E-state index is -1.11. The number of aromatic carboxylic acids is 1. The van der Waals surface area contributed by atoms with Crippen LogP contribution in [0, 0.1) is 5.82 Å². The van der Waals surface area contributed by atoms with Gasteiger partial charge in [0.1, 0.15) is 16.6 Å². The van der Waals surface area contributed by atoms with Crippen LogP contribution < -0.4 is 5.73 Å². The molecule has 0 atom stereocenters. The van der Waals surface area contributed by atoms with E-state index in [0.717, 1.165) is 11.3 Å². The summed E-state index contributed by atoms with van der Waals surface area (Å²) in [4.78, 5) is 14.7. The van der Waals surface area contributed by atoms with E-state index in [-0.39, 0.29) is 28.9 Å². The smallest absolute Gasteiger partial charge is 0.349 e. The number of carbonyl (C=O) groups is 1. The van der Waals surface area contributed by atoms with Crippen molar-refractivity contribution < 1.29 is 14.3 Å². The van der Waals surface area contributed by atoms with Crippen molar-refractivity contribution in [2.45, 2.75) is 0 Å². The first-order chi connectivity index (χ1) is 7.58. The van der Waals surface area contributed by atoms with Crippen LogP contribution in [0.25, 0.3) is 10.6 Å². The van der Waals surface area contributed by atoms with Crippen molar-refractivity contribution in [1.29, 1.82) is 0 Å². The fourth-order valence-electron chi connectivity index (χ4n) is 1.20. The predicted octanol–water partition coefficient (Wildman–Crippen LogP) is 2.65. The van der Waals surface area contributed by atoms with Gasteiger partial charge in [-0.1, -0.05) is 0 Å². The van der Waals surface area contributed by atoms with Crippen molar-refractivity contribution in [3.05, 3.63) is 35.0 Å². The molecule has 0 fully saturated rings. The summed E-state index contributed by atoms with van der Waals surface area (Å²) in [5.74, 6) is -1.48. The van der Waals surface area contributed by atoms with Crippen LogP contribution in [0.2, 0.25) is 0 Å². The normalized spacial score (nSPS) is 9.71. The zero-order valence-corrected chi connectivity index (χ0v) is 10.0. The highest BCUT2D eigenvalue weighted by Crippen LogP contribution is 2.29. The lowest BCUT2D eigenvalue weighted by Gasteiger charge is -1.94. The Morgan fingerprint density at radius 1 is 1.35 bits per heavy atom. The highest BCUT2D eigenvalue weighted by atomic mass is 35.5. The molecule has 4 nitrogen and oxygen atoms in total. The highest BCUT2D eigenvalue weighted by molar-refractivity contribution is 7.17. The van der Waals surface area contributed by atoms with Gasteiger partial charge < -0.3 is 10.8 Å². The largest absolute Gasteiger partial charge is 0.477 e. The maximum Gasteiger partial charge on any atom is 0.349 e. The minimum Gasteiger partial charge on any atom is -0.477 e. The Bertz CT molecular complexity index is 542. The zero-order chi connectivity index (χ0) is 11.7. The molecule has 2 rings (SSSR count). The summed E-state index contributed by atoms with van der Waals surface area (Å²) in [7, 11) is 0. The van der Waals surface area contributed by atoms with E-state index in [1.54, 1.807) is 0 Å². The van der Waals surface area contributed by atoms with Crippen LogP contribution in [-0.4, -0.2) is 16.1 Å². The van der Waals surface area contributed by atoms with Gasteiger partial charge in [-0.25, -0.2) is 14.2 Å². The van der Waals surface area contributed by atoms with E-state index < -0.39 is 5.97 Å². The molecular formula is C10H8ClFN2O2S. The first-order valence-electron chi connectivity index (χ1n) is 4.33. The molecule has 0 amide bonds. The van der Waals surface area contributed by atoms with E-state index in [0.29, 0.717) is 10.6 Å². The molecule has 0 radical (unpaired) electrons. The van der Waals surface area contributed by atoms with Crippen LogP contribution in [0.4, 0.5) is 10.2 Å². The molecule has 0 aliphatic rings. The molecule has 0 saturated heterocycles. The Morgan fingerprint density at radius 2 is 1.94 bits per heavy atom. The number of carboxylic acids is 1. The van der Waals surface area contributed by atoms with Gasteiger partial charge in [0.25, 0.3) is 0 Å². The van der Waals surface area contributed by atoms with Crippen LogP contribution >= 0.6 is 23.7 Å². The van der Waals surface area contributed by atoms with Crippen LogP contribution in [-0.2, 0) is 0 Å². The van der Waals surface area contributed by atoms with Crippen LogP contribution in [0.5, 0.6) is 0 Å². The number of aromatic nitrogens is 1. The summed E-state index contributed by atoms with van der Waals surface area (Å²) in [6.45, 7) is 0. The van der Waals surface area contributed by atoms with Gasteiger partial charge in [-0.05, 0) is 24.3 Å². The maximum absolute atomic E-state index is 12.7. The summed E-state index contributed by atoms with van der Waals surface area (Å²) in [5, 5.41) is 9.27. The van der Waals surface area contributed by atoms with E-state index in [1.807, 2.05) is 0 Å². The number of nitrogens with two attached hydrogens (primary N) is 1. The molecule has 3 N–H and O–H groups in total. The van der Waals surface area contributed by atoms with E-state index in [4.69, 9.17) is 10.8 Å². The molecule has 0 saturated carbocycles. The van der Waals surface area contributed by atoms with Crippen molar-refractivity contribution in [2.24, 2.45) is 0 Å². The summed E-state index contributed by atoms with van der Waals surface area (Å²) < 4.78 is 12.7. The van der Waals surface area contributed by atoms with Gasteiger partial charge in [0.2, 0.25) is 0 Å². The molecule has 7 heteroatoms. The number of benzene rings is 1. The number of halogens is 2. The lowest BCUT2D eigenvalue weighted by Crippen LogP contribution is -1.97. The molecule has 1 heterocycles.